The second-order valence-corrected chi connectivity index (χ2v) is 9.83. The second kappa shape index (κ2) is 10.5. The molecule has 9 heteroatoms. The van der Waals surface area contributed by atoms with Crippen LogP contribution in [0.15, 0.2) is 54.6 Å². The number of carbonyl (C=O) groups excluding carboxylic acids is 2. The number of carbonyl (C=O) groups is 2. The fourth-order valence-corrected chi connectivity index (χ4v) is 4.50. The number of hydrogen-bond acceptors (Lipinski definition) is 8. The zero-order chi connectivity index (χ0) is 25.9. The predicted molar refractivity (Wildman–Crippen MR) is 133 cm³/mol. The summed E-state index contributed by atoms with van der Waals surface area (Å²) in [6.07, 6.45) is -1.42. The second-order valence-electron chi connectivity index (χ2n) is 9.83. The smallest absolute Gasteiger partial charge is 0.412 e. The third-order valence-electron chi connectivity index (χ3n) is 6.38. The number of Topliss-reactive ketones (excluding diaryl/α,β-unsaturated/α-hetero) is 1. The van der Waals surface area contributed by atoms with Gasteiger partial charge in [0.2, 0.25) is 0 Å². The topological polar surface area (TPSA) is 95.6 Å². The minimum absolute atomic E-state index is 0.0894. The van der Waals surface area contributed by atoms with Crippen LogP contribution in [0.1, 0.15) is 33.3 Å². The molecule has 3 atom stereocenters. The number of rotatable bonds is 7. The highest BCUT2D eigenvalue weighted by Gasteiger charge is 2.53. The van der Waals surface area contributed by atoms with Gasteiger partial charge in [0.15, 0.2) is 11.6 Å². The van der Waals surface area contributed by atoms with Crippen LogP contribution in [0.25, 0.3) is 0 Å². The quantitative estimate of drug-likeness (QED) is 0.613. The third kappa shape index (κ3) is 5.80. The van der Waals surface area contributed by atoms with Gasteiger partial charge in [-0.1, -0.05) is 30.3 Å². The molecule has 2 aromatic carbocycles. The van der Waals surface area contributed by atoms with E-state index in [9.17, 15) is 9.59 Å². The number of hydrogen-bond donors (Lipinski definition) is 1. The van der Waals surface area contributed by atoms with Crippen LogP contribution in [0.2, 0.25) is 0 Å². The summed E-state index contributed by atoms with van der Waals surface area (Å²) in [6.45, 7) is 7.35. The van der Waals surface area contributed by atoms with Crippen LogP contribution >= 0.6 is 0 Å². The average molecular weight is 499 g/mol. The summed E-state index contributed by atoms with van der Waals surface area (Å²) in [5.74, 6) is -0.484. The SMILES string of the molecule is COc1ccc(N[C@H]([C@H]2OC(C)(C)OCC2=O)[C@@H]2COC(C)(C)N2C(=O)OCc2ccccc2)cc1. The molecule has 2 aliphatic rings. The lowest BCUT2D eigenvalue weighted by Crippen LogP contribution is -2.62. The molecule has 0 aromatic heterocycles. The number of ketones is 1. The summed E-state index contributed by atoms with van der Waals surface area (Å²) >= 11 is 0. The van der Waals surface area contributed by atoms with Crippen molar-refractivity contribution in [3.63, 3.8) is 0 Å². The van der Waals surface area contributed by atoms with Crippen LogP contribution in [-0.2, 0) is 30.3 Å². The van der Waals surface area contributed by atoms with Crippen molar-refractivity contribution in [3.05, 3.63) is 60.2 Å². The van der Waals surface area contributed by atoms with Crippen molar-refractivity contribution in [1.29, 1.82) is 0 Å². The molecule has 0 spiro atoms. The molecule has 0 saturated carbocycles. The molecular weight excluding hydrogens is 464 g/mol. The summed E-state index contributed by atoms with van der Waals surface area (Å²) < 4.78 is 28.6. The van der Waals surface area contributed by atoms with Gasteiger partial charge in [0.05, 0.1) is 25.8 Å². The van der Waals surface area contributed by atoms with Gasteiger partial charge < -0.3 is 29.0 Å². The van der Waals surface area contributed by atoms with Crippen molar-refractivity contribution in [1.82, 2.24) is 4.90 Å². The molecule has 0 radical (unpaired) electrons. The first-order valence-corrected chi connectivity index (χ1v) is 12.0. The molecule has 0 bridgehead atoms. The molecule has 2 heterocycles. The molecule has 1 N–H and O–H groups in total. The van der Waals surface area contributed by atoms with Crippen LogP contribution in [0.4, 0.5) is 10.5 Å². The molecule has 0 unspecified atom stereocenters. The first-order valence-electron chi connectivity index (χ1n) is 12.0. The average Bonchev–Trinajstić information content (AvgIpc) is 3.18. The van der Waals surface area contributed by atoms with Crippen molar-refractivity contribution >= 4 is 17.6 Å². The molecule has 0 aliphatic carbocycles. The Kier molecular flexibility index (Phi) is 7.54. The van der Waals surface area contributed by atoms with E-state index in [1.165, 1.54) is 0 Å². The van der Waals surface area contributed by atoms with Gasteiger partial charge in [-0.3, -0.25) is 9.69 Å². The summed E-state index contributed by atoms with van der Waals surface area (Å²) in [5.41, 5.74) is 0.656. The maximum Gasteiger partial charge on any atom is 0.412 e. The van der Waals surface area contributed by atoms with Gasteiger partial charge in [-0.05, 0) is 57.5 Å². The van der Waals surface area contributed by atoms with Gasteiger partial charge in [-0.25, -0.2) is 4.79 Å². The zero-order valence-corrected chi connectivity index (χ0v) is 21.4. The van der Waals surface area contributed by atoms with Crippen LogP contribution in [0.3, 0.4) is 0 Å². The van der Waals surface area contributed by atoms with Crippen molar-refractivity contribution < 1.29 is 33.3 Å². The van der Waals surface area contributed by atoms with Crippen LogP contribution in [-0.4, -0.2) is 66.8 Å². The van der Waals surface area contributed by atoms with Gasteiger partial charge in [-0.2, -0.15) is 0 Å². The largest absolute Gasteiger partial charge is 0.497 e. The van der Waals surface area contributed by atoms with Crippen LogP contribution < -0.4 is 10.1 Å². The van der Waals surface area contributed by atoms with E-state index in [2.05, 4.69) is 5.32 Å². The first-order chi connectivity index (χ1) is 17.1. The standard InChI is InChI=1S/C27H34N2O7/c1-26(2)29(25(31)33-15-18-9-7-6-8-10-18)21(16-34-26)23(24-22(30)17-35-27(3,4)36-24)28-19-11-13-20(32-5)14-12-19/h6-14,21,23-24,28H,15-17H2,1-5H3/t21-,23-,24-/m0/s1. The molecule has 4 rings (SSSR count). The first kappa shape index (κ1) is 25.9. The van der Waals surface area contributed by atoms with Gasteiger partial charge in [0, 0.05) is 5.69 Å². The fraction of sp³-hybridized carbons (Fsp3) is 0.481. The van der Waals surface area contributed by atoms with Crippen molar-refractivity contribution in [2.75, 3.05) is 25.6 Å². The molecule has 2 aromatic rings. The van der Waals surface area contributed by atoms with E-state index in [1.807, 2.05) is 54.6 Å². The maximum atomic E-state index is 13.4. The van der Waals surface area contributed by atoms with E-state index in [-0.39, 0.29) is 25.6 Å². The summed E-state index contributed by atoms with van der Waals surface area (Å²) in [6, 6.07) is 15.6. The molecule has 36 heavy (non-hydrogen) atoms. The zero-order valence-electron chi connectivity index (χ0n) is 21.4. The number of methoxy groups -OCH3 is 1. The Balaban J connectivity index is 1.63. The van der Waals surface area contributed by atoms with E-state index >= 15 is 0 Å². The van der Waals surface area contributed by atoms with Crippen LogP contribution in [0, 0.1) is 0 Å². The van der Waals surface area contributed by atoms with Gasteiger partial charge in [0.25, 0.3) is 0 Å². The Labute approximate surface area is 211 Å². The normalized spacial score (nSPS) is 23.7. The van der Waals surface area contributed by atoms with Gasteiger partial charge >= 0.3 is 6.09 Å². The highest BCUT2D eigenvalue weighted by atomic mass is 16.7. The van der Waals surface area contributed by atoms with Gasteiger partial charge in [-0.15, -0.1) is 0 Å². The molecule has 2 fully saturated rings. The summed E-state index contributed by atoms with van der Waals surface area (Å²) in [4.78, 5) is 28.0. The Hall–Kier alpha value is -3.14. The number of nitrogens with zero attached hydrogens (tertiary/aromatic N) is 1. The summed E-state index contributed by atoms with van der Waals surface area (Å²) in [7, 11) is 1.60. The third-order valence-corrected chi connectivity index (χ3v) is 6.38. The van der Waals surface area contributed by atoms with E-state index < -0.39 is 35.8 Å². The molecule has 2 saturated heterocycles. The number of anilines is 1. The molecule has 9 nitrogen and oxygen atoms in total. The minimum atomic E-state index is -0.966. The molecular formula is C27H34N2O7. The number of nitrogens with one attached hydrogen (secondary N) is 1. The molecule has 2 aliphatic heterocycles. The predicted octanol–water partition coefficient (Wildman–Crippen LogP) is 3.97. The van der Waals surface area contributed by atoms with Gasteiger partial charge in [0.1, 0.15) is 30.8 Å². The lowest BCUT2D eigenvalue weighted by Gasteiger charge is -2.43. The molecule has 194 valence electrons. The van der Waals surface area contributed by atoms with E-state index in [0.717, 1.165) is 11.3 Å². The lowest BCUT2D eigenvalue weighted by atomic mass is 9.96. The highest BCUT2D eigenvalue weighted by Crippen LogP contribution is 2.35. The summed E-state index contributed by atoms with van der Waals surface area (Å²) in [5, 5.41) is 3.42. The Bertz CT molecular complexity index is 1060. The minimum Gasteiger partial charge on any atom is -0.497 e. The fourth-order valence-electron chi connectivity index (χ4n) is 4.50. The Morgan fingerprint density at radius 1 is 1.08 bits per heavy atom. The van der Waals surface area contributed by atoms with Crippen molar-refractivity contribution in [3.8, 4) is 5.75 Å². The number of amides is 1. The van der Waals surface area contributed by atoms with E-state index in [1.54, 1.807) is 39.7 Å². The monoisotopic (exact) mass is 498 g/mol. The van der Waals surface area contributed by atoms with Crippen molar-refractivity contribution in [2.45, 2.75) is 64.0 Å². The van der Waals surface area contributed by atoms with E-state index in [4.69, 9.17) is 23.7 Å². The molecule has 1 amide bonds. The Morgan fingerprint density at radius 2 is 1.78 bits per heavy atom. The van der Waals surface area contributed by atoms with Crippen LogP contribution in [0.5, 0.6) is 5.75 Å². The van der Waals surface area contributed by atoms with Crippen molar-refractivity contribution in [2.24, 2.45) is 0 Å². The number of benzene rings is 2. The maximum absolute atomic E-state index is 13.4. The Morgan fingerprint density at radius 3 is 2.44 bits per heavy atom. The number of ether oxygens (including phenoxy) is 5. The van der Waals surface area contributed by atoms with E-state index in [0.29, 0.717) is 5.75 Å². The lowest BCUT2D eigenvalue weighted by molar-refractivity contribution is -0.261. The highest BCUT2D eigenvalue weighted by molar-refractivity contribution is 5.86.